The largest absolute Gasteiger partial charge is 0.481 e. The first-order valence-corrected chi connectivity index (χ1v) is 7.06. The molecule has 1 aromatic carbocycles. The molecule has 0 saturated heterocycles. The monoisotopic (exact) mass is 277 g/mol. The van der Waals surface area contributed by atoms with Gasteiger partial charge in [-0.25, -0.2) is 0 Å². The highest BCUT2D eigenvalue weighted by molar-refractivity contribution is 5.95. The van der Waals surface area contributed by atoms with Crippen molar-refractivity contribution in [1.82, 2.24) is 0 Å². The van der Waals surface area contributed by atoms with Crippen LogP contribution in [0.5, 0.6) is 0 Å². The molecule has 0 aliphatic carbocycles. The normalized spacial score (nSPS) is 11.9. The van der Waals surface area contributed by atoms with Gasteiger partial charge >= 0.3 is 5.97 Å². The smallest absolute Gasteiger partial charge is 0.305 e. The van der Waals surface area contributed by atoms with Crippen LogP contribution in [0.4, 0.5) is 5.69 Å². The van der Waals surface area contributed by atoms with Crippen LogP contribution in [0.15, 0.2) is 24.3 Å². The Labute approximate surface area is 120 Å². The summed E-state index contributed by atoms with van der Waals surface area (Å²) in [7, 11) is 0. The number of rotatable bonds is 7. The fourth-order valence-electron chi connectivity index (χ4n) is 2.25. The lowest BCUT2D eigenvalue weighted by atomic mass is 10.0. The predicted octanol–water partition coefficient (Wildman–Crippen LogP) is 3.24. The lowest BCUT2D eigenvalue weighted by molar-refractivity contribution is -0.136. The molecule has 4 nitrogen and oxygen atoms in total. The summed E-state index contributed by atoms with van der Waals surface area (Å²) in [5.74, 6) is -0.977. The summed E-state index contributed by atoms with van der Waals surface area (Å²) in [4.78, 5) is 24.9. The first kappa shape index (κ1) is 16.2. The van der Waals surface area contributed by atoms with Crippen LogP contribution in [0.1, 0.15) is 38.7 Å². The number of hydrogen-bond donors (Lipinski definition) is 1. The molecule has 1 unspecified atom stereocenters. The highest BCUT2D eigenvalue weighted by Gasteiger charge is 2.22. The van der Waals surface area contributed by atoms with Crippen LogP contribution in [0.2, 0.25) is 0 Å². The van der Waals surface area contributed by atoms with Gasteiger partial charge in [0.15, 0.2) is 0 Å². The molecule has 0 aromatic heterocycles. The van der Waals surface area contributed by atoms with Gasteiger partial charge in [0, 0.05) is 18.2 Å². The maximum Gasteiger partial charge on any atom is 0.305 e. The summed E-state index contributed by atoms with van der Waals surface area (Å²) >= 11 is 0. The standard InChI is InChI=1S/C16H23NO3/c1-4-7-13(3)16(20)17(11-10-15(18)19)14-9-6-5-8-12(14)2/h5-6,8-9,13H,4,7,10-11H2,1-3H3,(H,18,19). The molecule has 1 rings (SSSR count). The zero-order valence-electron chi connectivity index (χ0n) is 12.4. The number of carbonyl (C=O) groups is 2. The minimum absolute atomic E-state index is 0.00222. The van der Waals surface area contributed by atoms with Crippen molar-refractivity contribution < 1.29 is 14.7 Å². The SMILES string of the molecule is CCCC(C)C(=O)N(CCC(=O)O)c1ccccc1C. The fourth-order valence-corrected chi connectivity index (χ4v) is 2.25. The van der Waals surface area contributed by atoms with Crippen molar-refractivity contribution >= 4 is 17.6 Å². The van der Waals surface area contributed by atoms with Crippen LogP contribution >= 0.6 is 0 Å². The molecule has 1 aromatic rings. The van der Waals surface area contributed by atoms with Crippen LogP contribution in [-0.2, 0) is 9.59 Å². The van der Waals surface area contributed by atoms with Gasteiger partial charge in [-0.3, -0.25) is 9.59 Å². The Hall–Kier alpha value is -1.84. The Morgan fingerprint density at radius 3 is 2.50 bits per heavy atom. The second-order valence-corrected chi connectivity index (χ2v) is 5.11. The third kappa shape index (κ3) is 4.37. The topological polar surface area (TPSA) is 57.6 Å². The van der Waals surface area contributed by atoms with E-state index in [9.17, 15) is 9.59 Å². The molecule has 20 heavy (non-hydrogen) atoms. The number of aryl methyl sites for hydroxylation is 1. The van der Waals surface area contributed by atoms with E-state index < -0.39 is 5.97 Å². The number of carboxylic acids is 1. The number of anilines is 1. The van der Waals surface area contributed by atoms with Gasteiger partial charge < -0.3 is 10.0 Å². The molecule has 110 valence electrons. The molecular formula is C16H23NO3. The molecule has 0 radical (unpaired) electrons. The van der Waals surface area contributed by atoms with E-state index in [2.05, 4.69) is 0 Å². The van der Waals surface area contributed by atoms with Gasteiger partial charge in [-0.05, 0) is 25.0 Å². The molecule has 1 atom stereocenters. The highest BCUT2D eigenvalue weighted by Crippen LogP contribution is 2.23. The molecule has 0 bridgehead atoms. The quantitative estimate of drug-likeness (QED) is 0.832. The van der Waals surface area contributed by atoms with Crippen molar-refractivity contribution in [3.63, 3.8) is 0 Å². The first-order chi connectivity index (χ1) is 9.47. The second-order valence-electron chi connectivity index (χ2n) is 5.11. The molecule has 1 amide bonds. The van der Waals surface area contributed by atoms with Crippen LogP contribution in [-0.4, -0.2) is 23.5 Å². The van der Waals surface area contributed by atoms with Crippen LogP contribution in [0.3, 0.4) is 0 Å². The number of benzene rings is 1. The number of amides is 1. The molecule has 1 N–H and O–H groups in total. The van der Waals surface area contributed by atoms with E-state index in [4.69, 9.17) is 5.11 Å². The lowest BCUT2D eigenvalue weighted by Crippen LogP contribution is -2.37. The number of nitrogens with zero attached hydrogens (tertiary/aromatic N) is 1. The minimum Gasteiger partial charge on any atom is -0.481 e. The molecular weight excluding hydrogens is 254 g/mol. The summed E-state index contributed by atoms with van der Waals surface area (Å²) in [6.07, 6.45) is 1.71. The van der Waals surface area contributed by atoms with Crippen molar-refractivity contribution in [1.29, 1.82) is 0 Å². The maximum absolute atomic E-state index is 12.5. The number of aliphatic carboxylic acids is 1. The Kier molecular flexibility index (Phi) is 6.22. The van der Waals surface area contributed by atoms with Crippen LogP contribution < -0.4 is 4.90 Å². The van der Waals surface area contributed by atoms with Gasteiger partial charge in [0.2, 0.25) is 5.91 Å². The summed E-state index contributed by atoms with van der Waals surface area (Å²) in [5, 5.41) is 8.86. The Balaban J connectivity index is 2.99. The third-order valence-corrected chi connectivity index (χ3v) is 3.36. The van der Waals surface area contributed by atoms with Gasteiger partial charge in [0.05, 0.1) is 6.42 Å². The van der Waals surface area contributed by atoms with Gasteiger partial charge in [0.25, 0.3) is 0 Å². The molecule has 0 aliphatic heterocycles. The van der Waals surface area contributed by atoms with Crippen molar-refractivity contribution in [2.45, 2.75) is 40.0 Å². The number of carbonyl (C=O) groups excluding carboxylic acids is 1. The van der Waals surface area contributed by atoms with Gasteiger partial charge in [0.1, 0.15) is 0 Å². The number of hydrogen-bond acceptors (Lipinski definition) is 2. The average molecular weight is 277 g/mol. The van der Waals surface area contributed by atoms with Gasteiger partial charge in [-0.2, -0.15) is 0 Å². The van der Waals surface area contributed by atoms with Crippen molar-refractivity contribution in [2.24, 2.45) is 5.92 Å². The predicted molar refractivity (Wildman–Crippen MR) is 79.9 cm³/mol. The second kappa shape index (κ2) is 7.68. The molecule has 0 heterocycles. The van der Waals surface area contributed by atoms with E-state index in [0.717, 1.165) is 24.1 Å². The summed E-state index contributed by atoms with van der Waals surface area (Å²) < 4.78 is 0. The highest BCUT2D eigenvalue weighted by atomic mass is 16.4. The average Bonchev–Trinajstić information content (AvgIpc) is 2.40. The number of para-hydroxylation sites is 1. The van der Waals surface area contributed by atoms with E-state index in [1.807, 2.05) is 45.0 Å². The van der Waals surface area contributed by atoms with Gasteiger partial charge in [-0.15, -0.1) is 0 Å². The molecule has 4 heteroatoms. The van der Waals surface area contributed by atoms with E-state index in [1.165, 1.54) is 0 Å². The minimum atomic E-state index is -0.889. The van der Waals surface area contributed by atoms with E-state index in [1.54, 1.807) is 4.90 Å². The summed E-state index contributed by atoms with van der Waals surface area (Å²) in [5.41, 5.74) is 1.79. The first-order valence-electron chi connectivity index (χ1n) is 7.06. The fraction of sp³-hybridized carbons (Fsp3) is 0.500. The van der Waals surface area contributed by atoms with Crippen molar-refractivity contribution in [3.05, 3.63) is 29.8 Å². The Bertz CT molecular complexity index is 471. The van der Waals surface area contributed by atoms with Crippen LogP contribution in [0.25, 0.3) is 0 Å². The molecule has 0 fully saturated rings. The Morgan fingerprint density at radius 1 is 1.30 bits per heavy atom. The third-order valence-electron chi connectivity index (χ3n) is 3.36. The summed E-state index contributed by atoms with van der Waals surface area (Å²) in [6.45, 7) is 6.09. The Morgan fingerprint density at radius 2 is 1.95 bits per heavy atom. The van der Waals surface area contributed by atoms with E-state index in [0.29, 0.717) is 0 Å². The van der Waals surface area contributed by atoms with Crippen molar-refractivity contribution in [2.75, 3.05) is 11.4 Å². The number of carboxylic acid groups (broad SMARTS) is 1. The molecule has 0 spiro atoms. The molecule has 0 aliphatic rings. The van der Waals surface area contributed by atoms with E-state index in [-0.39, 0.29) is 24.8 Å². The molecule has 0 saturated carbocycles. The van der Waals surface area contributed by atoms with Crippen LogP contribution in [0, 0.1) is 12.8 Å². The van der Waals surface area contributed by atoms with Gasteiger partial charge in [-0.1, -0.05) is 38.5 Å². The summed E-state index contributed by atoms with van der Waals surface area (Å²) in [6, 6.07) is 7.58. The zero-order valence-corrected chi connectivity index (χ0v) is 12.4. The lowest BCUT2D eigenvalue weighted by Gasteiger charge is -2.26. The van der Waals surface area contributed by atoms with E-state index >= 15 is 0 Å². The van der Waals surface area contributed by atoms with Crippen molar-refractivity contribution in [3.8, 4) is 0 Å². The maximum atomic E-state index is 12.5. The zero-order chi connectivity index (χ0) is 15.1.